The Morgan fingerprint density at radius 2 is 1.94 bits per heavy atom. The lowest BCUT2D eigenvalue weighted by atomic mass is 10.1. The lowest BCUT2D eigenvalue weighted by Crippen LogP contribution is -2.42. The van der Waals surface area contributed by atoms with Crippen molar-refractivity contribution in [1.82, 2.24) is 5.32 Å². The molecule has 1 rings (SSSR count). The molecule has 0 fully saturated rings. The molecule has 0 heterocycles. The van der Waals surface area contributed by atoms with Crippen LogP contribution in [-0.2, 0) is 4.79 Å². The molecule has 98 valence electrons. The third-order valence-corrected chi connectivity index (χ3v) is 2.94. The number of hydrogen-bond donors (Lipinski definition) is 1. The summed E-state index contributed by atoms with van der Waals surface area (Å²) < 4.78 is 13.5. The monoisotopic (exact) mass is 291 g/mol. The molecule has 18 heavy (non-hydrogen) atoms. The Bertz CT molecular complexity index is 457. The fraction of sp³-hybridized carbons (Fsp3) is 0.333. The Morgan fingerprint density at radius 3 is 2.39 bits per heavy atom. The molecule has 0 aliphatic rings. The van der Waals surface area contributed by atoms with Crippen molar-refractivity contribution in [2.45, 2.75) is 19.9 Å². The zero-order chi connectivity index (χ0) is 13.9. The Kier molecular flexibility index (Phi) is 5.11. The highest BCUT2D eigenvalue weighted by molar-refractivity contribution is 6.64. The largest absolute Gasteiger partial charge is 0.340 e. The van der Waals surface area contributed by atoms with Crippen LogP contribution in [0.25, 0.3) is 0 Å². The molecule has 3 nitrogen and oxygen atoms in total. The predicted molar refractivity (Wildman–Crippen MR) is 68.4 cm³/mol. The smallest absolute Gasteiger partial charge is 0.256 e. The third-order valence-electron chi connectivity index (χ3n) is 2.39. The third kappa shape index (κ3) is 3.43. The van der Waals surface area contributed by atoms with E-state index in [1.54, 1.807) is 13.8 Å². The van der Waals surface area contributed by atoms with Crippen LogP contribution in [0.15, 0.2) is 18.2 Å². The zero-order valence-corrected chi connectivity index (χ0v) is 11.3. The van der Waals surface area contributed by atoms with Gasteiger partial charge in [-0.15, -0.1) is 0 Å². The molecule has 1 amide bonds. The second-order valence-electron chi connectivity index (χ2n) is 4.10. The number of hydrogen-bond acceptors (Lipinski definition) is 2. The van der Waals surface area contributed by atoms with Gasteiger partial charge < -0.3 is 5.32 Å². The van der Waals surface area contributed by atoms with Gasteiger partial charge in [-0.3, -0.25) is 9.59 Å². The second kappa shape index (κ2) is 6.16. The molecule has 6 heteroatoms. The van der Waals surface area contributed by atoms with E-state index >= 15 is 0 Å². The van der Waals surface area contributed by atoms with E-state index in [2.05, 4.69) is 5.32 Å². The van der Waals surface area contributed by atoms with Crippen molar-refractivity contribution in [3.8, 4) is 0 Å². The summed E-state index contributed by atoms with van der Waals surface area (Å²) in [4.78, 5) is 23.0. The van der Waals surface area contributed by atoms with E-state index in [4.69, 9.17) is 23.2 Å². The van der Waals surface area contributed by atoms with Gasteiger partial charge in [0, 0.05) is 0 Å². The van der Waals surface area contributed by atoms with Gasteiger partial charge in [-0.05, 0) is 29.7 Å². The zero-order valence-electron chi connectivity index (χ0n) is 9.84. The van der Waals surface area contributed by atoms with Crippen LogP contribution in [0, 0.1) is 11.7 Å². The average Bonchev–Trinajstić information content (AvgIpc) is 2.24. The number of rotatable bonds is 4. The molecule has 0 aliphatic carbocycles. The number of nitrogens with one attached hydrogen (secondary N) is 1. The van der Waals surface area contributed by atoms with Crippen LogP contribution in [0.2, 0.25) is 5.02 Å². The highest BCUT2D eigenvalue weighted by atomic mass is 35.5. The normalized spacial score (nSPS) is 12.3. The summed E-state index contributed by atoms with van der Waals surface area (Å²) in [5.74, 6) is -1.71. The van der Waals surface area contributed by atoms with Crippen molar-refractivity contribution >= 4 is 34.4 Å². The Balaban J connectivity index is 2.98. The van der Waals surface area contributed by atoms with Crippen LogP contribution in [0.5, 0.6) is 0 Å². The summed E-state index contributed by atoms with van der Waals surface area (Å²) in [6, 6.07) is 3.02. The lowest BCUT2D eigenvalue weighted by molar-refractivity contribution is -0.114. The van der Waals surface area contributed by atoms with Crippen LogP contribution in [-0.4, -0.2) is 17.2 Å². The first-order chi connectivity index (χ1) is 8.34. The van der Waals surface area contributed by atoms with E-state index in [0.717, 1.165) is 6.07 Å². The highest BCUT2D eigenvalue weighted by Gasteiger charge is 2.25. The second-order valence-corrected chi connectivity index (χ2v) is 4.88. The van der Waals surface area contributed by atoms with E-state index in [0.29, 0.717) is 0 Å². The van der Waals surface area contributed by atoms with E-state index in [9.17, 15) is 14.0 Å². The molecule has 0 spiro atoms. The first-order valence-electron chi connectivity index (χ1n) is 5.28. The van der Waals surface area contributed by atoms with Gasteiger partial charge in [-0.1, -0.05) is 31.5 Å². The molecule has 0 saturated heterocycles. The van der Waals surface area contributed by atoms with Gasteiger partial charge in [0.1, 0.15) is 11.9 Å². The SMILES string of the molecule is CC(C)C(NC(=O)c1c(F)cccc1Cl)C(=O)Cl. The molecule has 1 atom stereocenters. The van der Waals surface area contributed by atoms with E-state index in [1.807, 2.05) is 0 Å². The molecular formula is C12H12Cl2FNO2. The molecule has 1 aromatic carbocycles. The molecule has 1 N–H and O–H groups in total. The van der Waals surface area contributed by atoms with Gasteiger partial charge >= 0.3 is 0 Å². The van der Waals surface area contributed by atoms with Gasteiger partial charge in [0.2, 0.25) is 5.24 Å². The molecule has 0 aromatic heterocycles. The van der Waals surface area contributed by atoms with Gasteiger partial charge in [0.25, 0.3) is 5.91 Å². The number of carbonyl (C=O) groups excluding carboxylic acids is 2. The Morgan fingerprint density at radius 1 is 1.33 bits per heavy atom. The summed E-state index contributed by atoms with van der Waals surface area (Å²) in [5.41, 5.74) is -0.289. The van der Waals surface area contributed by atoms with Gasteiger partial charge in [-0.25, -0.2) is 4.39 Å². The Labute approximate surface area is 114 Å². The molecular weight excluding hydrogens is 280 g/mol. The maximum absolute atomic E-state index is 13.5. The minimum Gasteiger partial charge on any atom is -0.340 e. The van der Waals surface area contributed by atoms with E-state index in [1.165, 1.54) is 12.1 Å². The number of benzene rings is 1. The summed E-state index contributed by atoms with van der Waals surface area (Å²) in [5, 5.41) is 1.65. The van der Waals surface area contributed by atoms with Gasteiger partial charge in [0.15, 0.2) is 0 Å². The average molecular weight is 292 g/mol. The maximum Gasteiger partial charge on any atom is 0.256 e. The summed E-state index contributed by atoms with van der Waals surface area (Å²) in [6.45, 7) is 3.43. The summed E-state index contributed by atoms with van der Waals surface area (Å²) >= 11 is 11.1. The first-order valence-corrected chi connectivity index (χ1v) is 6.04. The summed E-state index contributed by atoms with van der Waals surface area (Å²) in [6.07, 6.45) is 0. The highest BCUT2D eigenvalue weighted by Crippen LogP contribution is 2.19. The van der Waals surface area contributed by atoms with Gasteiger partial charge in [0.05, 0.1) is 10.6 Å². The molecule has 0 radical (unpaired) electrons. The van der Waals surface area contributed by atoms with Crippen LogP contribution in [0.1, 0.15) is 24.2 Å². The van der Waals surface area contributed by atoms with Crippen molar-refractivity contribution in [1.29, 1.82) is 0 Å². The van der Waals surface area contributed by atoms with E-state index < -0.39 is 23.0 Å². The van der Waals surface area contributed by atoms with Crippen LogP contribution >= 0.6 is 23.2 Å². The molecule has 0 aliphatic heterocycles. The minimum absolute atomic E-state index is 0.0166. The first kappa shape index (κ1) is 14.9. The number of halogens is 3. The van der Waals surface area contributed by atoms with Crippen LogP contribution in [0.3, 0.4) is 0 Å². The van der Waals surface area contributed by atoms with Crippen molar-refractivity contribution in [2.24, 2.45) is 5.92 Å². The molecule has 0 bridgehead atoms. The molecule has 1 unspecified atom stereocenters. The fourth-order valence-corrected chi connectivity index (χ4v) is 1.97. The summed E-state index contributed by atoms with van der Waals surface area (Å²) in [7, 11) is 0. The quantitative estimate of drug-likeness (QED) is 0.867. The molecule has 1 aromatic rings. The Hall–Kier alpha value is -1.13. The van der Waals surface area contributed by atoms with Gasteiger partial charge in [-0.2, -0.15) is 0 Å². The lowest BCUT2D eigenvalue weighted by Gasteiger charge is -2.18. The minimum atomic E-state index is -0.880. The van der Waals surface area contributed by atoms with E-state index in [-0.39, 0.29) is 16.5 Å². The van der Waals surface area contributed by atoms with Crippen molar-refractivity contribution in [3.05, 3.63) is 34.6 Å². The van der Waals surface area contributed by atoms with Crippen LogP contribution in [0.4, 0.5) is 4.39 Å². The van der Waals surface area contributed by atoms with Crippen LogP contribution < -0.4 is 5.32 Å². The number of carbonyl (C=O) groups is 2. The van der Waals surface area contributed by atoms with Crippen molar-refractivity contribution in [3.63, 3.8) is 0 Å². The topological polar surface area (TPSA) is 46.2 Å². The maximum atomic E-state index is 13.5. The molecule has 0 saturated carbocycles. The predicted octanol–water partition coefficient (Wildman–Crippen LogP) is 3.00. The number of amides is 1. The fourth-order valence-electron chi connectivity index (χ4n) is 1.41. The standard InChI is InChI=1S/C12H12Cl2FNO2/c1-6(2)10(11(14)17)16-12(18)9-7(13)4-3-5-8(9)15/h3-6,10H,1-2H3,(H,16,18). The van der Waals surface area contributed by atoms with Crippen molar-refractivity contribution < 1.29 is 14.0 Å². The van der Waals surface area contributed by atoms with Crippen molar-refractivity contribution in [2.75, 3.05) is 0 Å².